The van der Waals surface area contributed by atoms with Crippen LogP contribution in [0, 0.1) is 5.92 Å². The van der Waals surface area contributed by atoms with Gasteiger partial charge in [-0.2, -0.15) is 0 Å². The van der Waals surface area contributed by atoms with Crippen molar-refractivity contribution in [3.63, 3.8) is 0 Å². The summed E-state index contributed by atoms with van der Waals surface area (Å²) in [5.74, 6) is 1.61. The van der Waals surface area contributed by atoms with E-state index >= 15 is 0 Å². The summed E-state index contributed by atoms with van der Waals surface area (Å²) in [5, 5.41) is 3.25. The van der Waals surface area contributed by atoms with Gasteiger partial charge in [0, 0.05) is 12.7 Å². The molecule has 0 spiro atoms. The monoisotopic (exact) mass is 148 g/mol. The Kier molecular flexibility index (Phi) is 1.53. The number of allylic oxidation sites excluding steroid dienone is 2. The Balaban J connectivity index is 2.34. The Morgan fingerprint density at radius 3 is 3.45 bits per heavy atom. The molecule has 58 valence electrons. The van der Waals surface area contributed by atoms with Gasteiger partial charge in [-0.3, -0.25) is 0 Å². The maximum absolute atomic E-state index is 4.29. The van der Waals surface area contributed by atoms with Crippen LogP contribution in [0.25, 0.3) is 0 Å². The molecule has 0 aliphatic carbocycles. The lowest BCUT2D eigenvalue weighted by Gasteiger charge is -1.97. The molecule has 0 amide bonds. The fourth-order valence-corrected chi connectivity index (χ4v) is 1.46. The first-order valence-corrected chi connectivity index (χ1v) is 4.05. The van der Waals surface area contributed by atoms with Gasteiger partial charge in [0.05, 0.1) is 0 Å². The molecule has 2 aliphatic heterocycles. The molecule has 1 saturated heterocycles. The van der Waals surface area contributed by atoms with Crippen LogP contribution in [0.4, 0.5) is 0 Å². The Labute approximate surface area is 66.7 Å². The Hall–Kier alpha value is -1.05. The maximum atomic E-state index is 4.29. The van der Waals surface area contributed by atoms with Gasteiger partial charge in [0.25, 0.3) is 0 Å². The van der Waals surface area contributed by atoms with Gasteiger partial charge >= 0.3 is 0 Å². The zero-order valence-corrected chi connectivity index (χ0v) is 6.67. The predicted octanol–water partition coefficient (Wildman–Crippen LogP) is 1.47. The van der Waals surface area contributed by atoms with Gasteiger partial charge in [0.1, 0.15) is 5.84 Å². The molecule has 0 saturated carbocycles. The van der Waals surface area contributed by atoms with E-state index in [2.05, 4.69) is 29.4 Å². The van der Waals surface area contributed by atoms with Crippen LogP contribution in [0.5, 0.6) is 0 Å². The van der Waals surface area contributed by atoms with Crippen molar-refractivity contribution in [2.45, 2.75) is 13.3 Å². The second-order valence-corrected chi connectivity index (χ2v) is 3.05. The highest BCUT2D eigenvalue weighted by atomic mass is 15.0. The van der Waals surface area contributed by atoms with Crippen molar-refractivity contribution >= 4 is 5.84 Å². The van der Waals surface area contributed by atoms with Crippen LogP contribution in [0.1, 0.15) is 13.3 Å². The quantitative estimate of drug-likeness (QED) is 0.552. The van der Waals surface area contributed by atoms with Crippen LogP contribution in [0.2, 0.25) is 0 Å². The number of aliphatic imine (C=N–C) groups is 1. The van der Waals surface area contributed by atoms with E-state index in [9.17, 15) is 0 Å². The van der Waals surface area contributed by atoms with Crippen molar-refractivity contribution in [2.24, 2.45) is 10.9 Å². The number of fused-ring (bicyclic) bond motifs is 1. The summed E-state index contributed by atoms with van der Waals surface area (Å²) >= 11 is 0. The van der Waals surface area contributed by atoms with E-state index in [0.29, 0.717) is 5.92 Å². The number of amidine groups is 1. The van der Waals surface area contributed by atoms with E-state index in [1.807, 2.05) is 6.20 Å². The standard InChI is InChI=1S/C9H12N2/c1-7-2-4-10-9-8(6-7)3-5-11-9/h2,4,6-7H,3,5H2,1H3,(H,10,11). The van der Waals surface area contributed by atoms with Crippen LogP contribution in [0.3, 0.4) is 0 Å². The molecular formula is C9H12N2. The highest BCUT2D eigenvalue weighted by Gasteiger charge is 2.15. The van der Waals surface area contributed by atoms with E-state index in [1.54, 1.807) is 0 Å². The van der Waals surface area contributed by atoms with Gasteiger partial charge < -0.3 is 5.32 Å². The SMILES string of the molecule is CC1C=CN=C2NCCC2=C1. The summed E-state index contributed by atoms with van der Waals surface area (Å²) in [6.45, 7) is 3.23. The Bertz CT molecular complexity index is 248. The number of nitrogens with one attached hydrogen (secondary N) is 1. The normalized spacial score (nSPS) is 28.3. The van der Waals surface area contributed by atoms with E-state index in [0.717, 1.165) is 18.8 Å². The average molecular weight is 148 g/mol. The Morgan fingerprint density at radius 1 is 1.64 bits per heavy atom. The second kappa shape index (κ2) is 2.53. The van der Waals surface area contributed by atoms with Crippen molar-refractivity contribution in [3.8, 4) is 0 Å². The first kappa shape index (κ1) is 6.65. The number of hydrogen-bond donors (Lipinski definition) is 1. The molecule has 2 nitrogen and oxygen atoms in total. The van der Waals surface area contributed by atoms with Crippen molar-refractivity contribution in [3.05, 3.63) is 23.9 Å². The van der Waals surface area contributed by atoms with E-state index in [-0.39, 0.29) is 0 Å². The molecule has 0 aromatic heterocycles. The molecule has 2 rings (SSSR count). The van der Waals surface area contributed by atoms with Gasteiger partial charge in [-0.05, 0) is 17.9 Å². The van der Waals surface area contributed by atoms with Gasteiger partial charge in [-0.15, -0.1) is 0 Å². The molecule has 1 atom stereocenters. The predicted molar refractivity (Wildman–Crippen MR) is 46.4 cm³/mol. The summed E-state index contributed by atoms with van der Waals surface area (Å²) in [4.78, 5) is 4.29. The average Bonchev–Trinajstić information content (AvgIpc) is 2.31. The van der Waals surface area contributed by atoms with Crippen LogP contribution in [-0.4, -0.2) is 12.4 Å². The molecule has 11 heavy (non-hydrogen) atoms. The molecule has 1 unspecified atom stereocenters. The summed E-state index contributed by atoms with van der Waals surface area (Å²) in [6.07, 6.45) is 7.41. The largest absolute Gasteiger partial charge is 0.370 e. The van der Waals surface area contributed by atoms with Crippen molar-refractivity contribution < 1.29 is 0 Å². The third-order valence-corrected chi connectivity index (χ3v) is 2.05. The first-order valence-electron chi connectivity index (χ1n) is 4.05. The third-order valence-electron chi connectivity index (χ3n) is 2.05. The molecular weight excluding hydrogens is 136 g/mol. The lowest BCUT2D eigenvalue weighted by atomic mass is 10.1. The van der Waals surface area contributed by atoms with Crippen molar-refractivity contribution in [2.75, 3.05) is 6.54 Å². The lowest BCUT2D eigenvalue weighted by molar-refractivity contribution is 0.906. The zero-order valence-electron chi connectivity index (χ0n) is 6.67. The molecule has 0 bridgehead atoms. The van der Waals surface area contributed by atoms with E-state index in [4.69, 9.17) is 0 Å². The fraction of sp³-hybridized carbons (Fsp3) is 0.444. The van der Waals surface area contributed by atoms with Crippen LogP contribution in [0.15, 0.2) is 28.9 Å². The molecule has 1 N–H and O–H groups in total. The second-order valence-electron chi connectivity index (χ2n) is 3.05. The smallest absolute Gasteiger partial charge is 0.128 e. The highest BCUT2D eigenvalue weighted by Crippen LogP contribution is 2.16. The Morgan fingerprint density at radius 2 is 2.55 bits per heavy atom. The van der Waals surface area contributed by atoms with Crippen LogP contribution < -0.4 is 5.32 Å². The summed E-state index contributed by atoms with van der Waals surface area (Å²) in [5.41, 5.74) is 1.38. The topological polar surface area (TPSA) is 24.4 Å². The maximum Gasteiger partial charge on any atom is 0.128 e. The highest BCUT2D eigenvalue weighted by molar-refractivity contribution is 6.00. The molecule has 2 aliphatic rings. The molecule has 0 aromatic carbocycles. The van der Waals surface area contributed by atoms with Crippen molar-refractivity contribution in [1.29, 1.82) is 0 Å². The molecule has 2 heterocycles. The molecule has 1 fully saturated rings. The minimum absolute atomic E-state index is 0.533. The number of hydrogen-bond acceptors (Lipinski definition) is 2. The summed E-state index contributed by atoms with van der Waals surface area (Å²) in [7, 11) is 0. The van der Waals surface area contributed by atoms with Gasteiger partial charge in [0.15, 0.2) is 0 Å². The molecule has 0 aromatic rings. The number of rotatable bonds is 0. The lowest BCUT2D eigenvalue weighted by Crippen LogP contribution is -2.14. The summed E-state index contributed by atoms with van der Waals surface area (Å²) in [6, 6.07) is 0. The van der Waals surface area contributed by atoms with Gasteiger partial charge in [-0.1, -0.05) is 19.1 Å². The van der Waals surface area contributed by atoms with Crippen LogP contribution >= 0.6 is 0 Å². The van der Waals surface area contributed by atoms with E-state index < -0.39 is 0 Å². The van der Waals surface area contributed by atoms with Gasteiger partial charge in [0.2, 0.25) is 0 Å². The van der Waals surface area contributed by atoms with Crippen molar-refractivity contribution in [1.82, 2.24) is 5.32 Å². The van der Waals surface area contributed by atoms with Gasteiger partial charge in [-0.25, -0.2) is 4.99 Å². The third kappa shape index (κ3) is 1.20. The van der Waals surface area contributed by atoms with E-state index in [1.165, 1.54) is 5.57 Å². The molecule has 0 radical (unpaired) electrons. The first-order chi connectivity index (χ1) is 5.36. The van der Waals surface area contributed by atoms with Crippen LogP contribution in [-0.2, 0) is 0 Å². The molecule has 2 heteroatoms. The summed E-state index contributed by atoms with van der Waals surface area (Å²) < 4.78 is 0. The minimum atomic E-state index is 0.533. The zero-order chi connectivity index (χ0) is 7.68. The minimum Gasteiger partial charge on any atom is -0.370 e. The number of nitrogens with zero attached hydrogens (tertiary/aromatic N) is 1. The fourth-order valence-electron chi connectivity index (χ4n) is 1.46.